The first-order valence-corrected chi connectivity index (χ1v) is 11.5. The topological polar surface area (TPSA) is 108 Å². The summed E-state index contributed by atoms with van der Waals surface area (Å²) in [6, 6.07) is 4.12. The van der Waals surface area contributed by atoms with Crippen molar-refractivity contribution in [1.82, 2.24) is 4.31 Å². The molecule has 8 nitrogen and oxygen atoms in total. The summed E-state index contributed by atoms with van der Waals surface area (Å²) in [5, 5.41) is 8.99. The van der Waals surface area contributed by atoms with E-state index in [1.165, 1.54) is 17.3 Å². The summed E-state index contributed by atoms with van der Waals surface area (Å²) in [5.74, 6) is -3.77. The van der Waals surface area contributed by atoms with E-state index in [0.717, 1.165) is 12.1 Å². The van der Waals surface area contributed by atoms with E-state index < -0.39 is 62.2 Å². The molecule has 0 radical (unpaired) electrons. The Morgan fingerprint density at radius 2 is 1.69 bits per heavy atom. The molecule has 0 aliphatic carbocycles. The number of carbonyl (C=O) groups is 2. The maximum absolute atomic E-state index is 13.4. The van der Waals surface area contributed by atoms with Gasteiger partial charge in [0, 0.05) is 13.1 Å². The summed E-state index contributed by atoms with van der Waals surface area (Å²) in [5.41, 5.74) is -4.80. The fourth-order valence-corrected chi connectivity index (χ4v) is 6.48. The van der Waals surface area contributed by atoms with E-state index in [-0.39, 0.29) is 24.5 Å². The number of carbonyl (C=O) groups excluding carboxylic acids is 2. The molecule has 4 rings (SSSR count). The third kappa shape index (κ3) is 3.06. The third-order valence-corrected chi connectivity index (χ3v) is 8.29. The molecule has 3 aliphatic rings. The molecule has 0 unspecified atom stereocenters. The number of halogens is 3. The SMILES string of the molecule is CCS(=O)(=O)N1C[C@@]2(C)O[C@@](C)(C1)[C@@H]1C(=O)N(c3ccc(C#N)c(C(F)(F)F)c3)C(=O)[C@@H]12. The van der Waals surface area contributed by atoms with E-state index in [2.05, 4.69) is 0 Å². The Morgan fingerprint density at radius 3 is 2.12 bits per heavy atom. The van der Waals surface area contributed by atoms with Crippen LogP contribution in [0.4, 0.5) is 18.9 Å². The lowest BCUT2D eigenvalue weighted by Crippen LogP contribution is -2.59. The van der Waals surface area contributed by atoms with Gasteiger partial charge in [-0.1, -0.05) is 0 Å². The molecule has 3 saturated heterocycles. The molecule has 1 aromatic carbocycles. The minimum Gasteiger partial charge on any atom is -0.365 e. The number of benzene rings is 1. The number of nitriles is 1. The Labute approximate surface area is 182 Å². The van der Waals surface area contributed by atoms with Crippen LogP contribution < -0.4 is 4.90 Å². The molecule has 3 aliphatic heterocycles. The van der Waals surface area contributed by atoms with Crippen molar-refractivity contribution in [3.8, 4) is 6.07 Å². The summed E-state index contributed by atoms with van der Waals surface area (Å²) < 4.78 is 72.4. The van der Waals surface area contributed by atoms with Gasteiger partial charge in [0.1, 0.15) is 0 Å². The van der Waals surface area contributed by atoms with Crippen molar-refractivity contribution in [2.75, 3.05) is 23.7 Å². The van der Waals surface area contributed by atoms with Crippen LogP contribution in [-0.4, -0.2) is 54.6 Å². The normalized spacial score (nSPS) is 32.8. The molecule has 0 N–H and O–H groups in total. The van der Waals surface area contributed by atoms with Crippen LogP contribution in [0.2, 0.25) is 0 Å². The minimum atomic E-state index is -4.85. The first-order valence-electron chi connectivity index (χ1n) is 9.86. The number of sulfonamides is 1. The van der Waals surface area contributed by atoms with E-state index in [9.17, 15) is 31.2 Å². The fraction of sp³-hybridized carbons (Fsp3) is 0.550. The van der Waals surface area contributed by atoms with E-state index >= 15 is 0 Å². The monoisotopic (exact) mass is 471 g/mol. The second kappa shape index (κ2) is 6.76. The molecule has 32 heavy (non-hydrogen) atoms. The molecular formula is C20H20F3N3O5S. The highest BCUT2D eigenvalue weighted by Crippen LogP contribution is 2.56. The van der Waals surface area contributed by atoms with Gasteiger partial charge in [-0.3, -0.25) is 9.59 Å². The number of fused-ring (bicyclic) bond motifs is 5. The summed E-state index contributed by atoms with van der Waals surface area (Å²) in [4.78, 5) is 27.4. The Kier molecular flexibility index (Phi) is 4.79. The van der Waals surface area contributed by atoms with Crippen molar-refractivity contribution in [2.24, 2.45) is 11.8 Å². The van der Waals surface area contributed by atoms with Gasteiger partial charge in [0.05, 0.1) is 51.7 Å². The van der Waals surface area contributed by atoms with Crippen molar-refractivity contribution < 1.29 is 35.9 Å². The quantitative estimate of drug-likeness (QED) is 0.623. The Hall–Kier alpha value is -2.49. The average Bonchev–Trinajstić information content (AvgIpc) is 3.06. The molecule has 4 atom stereocenters. The Morgan fingerprint density at radius 1 is 1.16 bits per heavy atom. The van der Waals surface area contributed by atoms with Gasteiger partial charge in [0.15, 0.2) is 0 Å². The van der Waals surface area contributed by atoms with E-state index in [4.69, 9.17) is 10.00 Å². The number of nitrogens with zero attached hydrogens (tertiary/aromatic N) is 3. The molecule has 2 bridgehead atoms. The maximum Gasteiger partial charge on any atom is 0.417 e. The number of morpholine rings is 1. The zero-order valence-corrected chi connectivity index (χ0v) is 18.2. The maximum atomic E-state index is 13.4. The molecule has 0 spiro atoms. The predicted octanol–water partition coefficient (Wildman–Crippen LogP) is 1.90. The van der Waals surface area contributed by atoms with Gasteiger partial charge in [0.2, 0.25) is 21.8 Å². The fourth-order valence-electron chi connectivity index (χ4n) is 5.21. The Balaban J connectivity index is 1.78. The predicted molar refractivity (Wildman–Crippen MR) is 105 cm³/mol. The zero-order valence-electron chi connectivity index (χ0n) is 17.4. The smallest absolute Gasteiger partial charge is 0.365 e. The summed E-state index contributed by atoms with van der Waals surface area (Å²) in [6.07, 6.45) is -4.85. The van der Waals surface area contributed by atoms with E-state index in [0.29, 0.717) is 11.0 Å². The highest BCUT2D eigenvalue weighted by atomic mass is 32.2. The summed E-state index contributed by atoms with van der Waals surface area (Å²) in [6.45, 7) is 4.28. The minimum absolute atomic E-state index is 0.145. The number of imide groups is 1. The van der Waals surface area contributed by atoms with Crippen LogP contribution in [0.15, 0.2) is 18.2 Å². The number of alkyl halides is 3. The first-order chi connectivity index (χ1) is 14.7. The zero-order chi connectivity index (χ0) is 23.9. The summed E-state index contributed by atoms with van der Waals surface area (Å²) >= 11 is 0. The van der Waals surface area contributed by atoms with Gasteiger partial charge in [-0.25, -0.2) is 13.3 Å². The van der Waals surface area contributed by atoms with Crippen molar-refractivity contribution in [3.63, 3.8) is 0 Å². The number of amides is 2. The Bertz CT molecular complexity index is 1140. The molecule has 12 heteroatoms. The molecule has 1 aromatic rings. The van der Waals surface area contributed by atoms with Gasteiger partial charge in [-0.15, -0.1) is 0 Å². The lowest BCUT2D eigenvalue weighted by molar-refractivity contribution is -0.157. The van der Waals surface area contributed by atoms with Crippen LogP contribution in [0, 0.1) is 23.2 Å². The van der Waals surface area contributed by atoms with Gasteiger partial charge in [0.25, 0.3) is 0 Å². The number of ether oxygens (including phenoxy) is 1. The molecular weight excluding hydrogens is 451 g/mol. The van der Waals surface area contributed by atoms with Crippen molar-refractivity contribution in [1.29, 1.82) is 5.26 Å². The van der Waals surface area contributed by atoms with E-state index in [1.807, 2.05) is 0 Å². The average molecular weight is 471 g/mol. The molecule has 0 saturated carbocycles. The van der Waals surface area contributed by atoms with Crippen LogP contribution in [-0.2, 0) is 30.5 Å². The van der Waals surface area contributed by atoms with Crippen molar-refractivity contribution in [3.05, 3.63) is 29.3 Å². The molecule has 172 valence electrons. The highest BCUT2D eigenvalue weighted by molar-refractivity contribution is 7.89. The third-order valence-electron chi connectivity index (χ3n) is 6.51. The summed E-state index contributed by atoms with van der Waals surface area (Å²) in [7, 11) is -3.62. The molecule has 2 amide bonds. The largest absolute Gasteiger partial charge is 0.417 e. The number of hydrogen-bond acceptors (Lipinski definition) is 6. The second-order valence-corrected chi connectivity index (χ2v) is 11.0. The molecule has 3 heterocycles. The van der Waals surface area contributed by atoms with Crippen molar-refractivity contribution >= 4 is 27.5 Å². The number of anilines is 1. The van der Waals surface area contributed by atoms with Crippen LogP contribution in [0.3, 0.4) is 0 Å². The number of rotatable bonds is 3. The van der Waals surface area contributed by atoms with Gasteiger partial charge in [-0.2, -0.15) is 22.7 Å². The second-order valence-electron chi connectivity index (χ2n) is 8.70. The molecule has 3 fully saturated rings. The van der Waals surface area contributed by atoms with Crippen LogP contribution in [0.1, 0.15) is 31.9 Å². The lowest BCUT2D eigenvalue weighted by atomic mass is 9.79. The number of hydrogen-bond donors (Lipinski definition) is 0. The first kappa shape index (κ1) is 22.7. The highest BCUT2D eigenvalue weighted by Gasteiger charge is 2.72. The van der Waals surface area contributed by atoms with Gasteiger partial charge < -0.3 is 4.74 Å². The standard InChI is InChI=1S/C20H20F3N3O5S/c1-4-32(29,30)25-9-18(2)14-15(19(3,10-25)31-18)17(28)26(16(14)27)12-6-5-11(8-24)13(7-12)20(21,22)23/h5-7,14-15H,4,9-10H2,1-3H3/t14-,15+,18-,19+. The lowest BCUT2D eigenvalue weighted by Gasteiger charge is -2.44. The van der Waals surface area contributed by atoms with Gasteiger partial charge >= 0.3 is 6.18 Å². The van der Waals surface area contributed by atoms with Gasteiger partial charge in [-0.05, 0) is 39.0 Å². The molecule has 0 aromatic heterocycles. The van der Waals surface area contributed by atoms with Crippen LogP contribution >= 0.6 is 0 Å². The van der Waals surface area contributed by atoms with Crippen molar-refractivity contribution in [2.45, 2.75) is 38.1 Å². The van der Waals surface area contributed by atoms with Crippen LogP contribution in [0.5, 0.6) is 0 Å². The van der Waals surface area contributed by atoms with E-state index in [1.54, 1.807) is 13.8 Å². The van der Waals surface area contributed by atoms with Crippen LogP contribution in [0.25, 0.3) is 0 Å².